The Morgan fingerprint density at radius 2 is 1.82 bits per heavy atom. The molecule has 4 aromatic rings. The summed E-state index contributed by atoms with van der Waals surface area (Å²) in [7, 11) is 1.77. The predicted molar refractivity (Wildman–Crippen MR) is 149 cm³/mol. The molecule has 0 atom stereocenters. The standard InChI is InChI=1S/C19H21N7O2.C9H9Cl/c1-12(28)25(2)16-5-14(13-3-4-13)8-26-9-15(24-19(16)26)7-20-17-6-18(23-11-27)22-10-21-17;10-9-3-1-2-8(6-9)7-4-5-7/h5-6,8-11,13H,3-4,7H2,1-2H3,(H2,20,21,22,23,27);1-3,6-7H,4-5H2. The Morgan fingerprint density at radius 3 is 2.50 bits per heavy atom. The van der Waals surface area contributed by atoms with Crippen LogP contribution in [0.5, 0.6) is 0 Å². The SMILES string of the molecule is CC(=O)N(C)c1cc(C2CC2)cn2cc(CNc3cc(NC=O)ncn3)nc12.Clc1cccc(C2CC2)c1. The molecule has 0 radical (unpaired) electrons. The summed E-state index contributed by atoms with van der Waals surface area (Å²) in [6.45, 7) is 1.99. The Kier molecular flexibility index (Phi) is 7.55. The summed E-state index contributed by atoms with van der Waals surface area (Å²) in [5.41, 5.74) is 5.00. The average Bonchev–Trinajstić information content (AvgIpc) is 3.84. The van der Waals surface area contributed by atoms with E-state index in [0.29, 0.717) is 30.5 Å². The number of nitrogens with one attached hydrogen (secondary N) is 2. The number of hydrogen-bond donors (Lipinski definition) is 2. The summed E-state index contributed by atoms with van der Waals surface area (Å²) in [4.78, 5) is 36.9. The van der Waals surface area contributed by atoms with Crippen molar-refractivity contribution in [2.45, 2.75) is 51.0 Å². The lowest BCUT2D eigenvalue weighted by Crippen LogP contribution is -2.23. The van der Waals surface area contributed by atoms with E-state index >= 15 is 0 Å². The van der Waals surface area contributed by atoms with E-state index in [9.17, 15) is 9.59 Å². The molecule has 0 bridgehead atoms. The third kappa shape index (κ3) is 6.28. The maximum absolute atomic E-state index is 11.9. The number of halogens is 1. The fraction of sp³-hybridized carbons (Fsp3) is 0.321. The van der Waals surface area contributed by atoms with Gasteiger partial charge in [-0.15, -0.1) is 0 Å². The molecule has 196 valence electrons. The van der Waals surface area contributed by atoms with Gasteiger partial charge in [-0.3, -0.25) is 9.59 Å². The highest BCUT2D eigenvalue weighted by molar-refractivity contribution is 6.30. The summed E-state index contributed by atoms with van der Waals surface area (Å²) in [6.07, 6.45) is 11.1. The molecule has 2 N–H and O–H groups in total. The van der Waals surface area contributed by atoms with E-state index in [1.54, 1.807) is 24.9 Å². The highest BCUT2D eigenvalue weighted by Crippen LogP contribution is 2.42. The summed E-state index contributed by atoms with van der Waals surface area (Å²) < 4.78 is 1.98. The number of amides is 2. The van der Waals surface area contributed by atoms with Crippen LogP contribution >= 0.6 is 11.6 Å². The number of benzene rings is 1. The molecule has 6 rings (SSSR count). The first kappa shape index (κ1) is 25.7. The van der Waals surface area contributed by atoms with Crippen LogP contribution in [0, 0.1) is 0 Å². The number of nitrogens with zero attached hydrogens (tertiary/aromatic N) is 5. The van der Waals surface area contributed by atoms with Crippen LogP contribution in [0.1, 0.15) is 61.3 Å². The normalized spacial score (nSPS) is 14.4. The summed E-state index contributed by atoms with van der Waals surface area (Å²) >= 11 is 5.82. The van der Waals surface area contributed by atoms with E-state index < -0.39 is 0 Å². The Bertz CT molecular complexity index is 1460. The molecule has 0 spiro atoms. The van der Waals surface area contributed by atoms with Crippen LogP contribution in [0.25, 0.3) is 5.65 Å². The van der Waals surface area contributed by atoms with E-state index in [1.165, 1.54) is 43.1 Å². The van der Waals surface area contributed by atoms with Gasteiger partial charge in [0.05, 0.1) is 17.9 Å². The van der Waals surface area contributed by atoms with Gasteiger partial charge in [0.1, 0.15) is 18.0 Å². The quantitative estimate of drug-likeness (QED) is 0.296. The van der Waals surface area contributed by atoms with Crippen LogP contribution < -0.4 is 15.5 Å². The molecular formula is C28H30ClN7O2. The molecule has 2 aliphatic rings. The van der Waals surface area contributed by atoms with E-state index in [1.807, 2.05) is 22.7 Å². The number of pyridine rings is 1. The van der Waals surface area contributed by atoms with Gasteiger partial charge in [0, 0.05) is 37.5 Å². The van der Waals surface area contributed by atoms with Gasteiger partial charge in [0.15, 0.2) is 5.65 Å². The van der Waals surface area contributed by atoms with E-state index in [-0.39, 0.29) is 5.91 Å². The minimum atomic E-state index is -0.0336. The third-order valence-corrected chi connectivity index (χ3v) is 6.94. The number of fused-ring (bicyclic) bond motifs is 1. The van der Waals surface area contributed by atoms with Crippen LogP contribution in [0.15, 0.2) is 55.1 Å². The van der Waals surface area contributed by atoms with Crippen molar-refractivity contribution in [3.05, 3.63) is 77.0 Å². The predicted octanol–water partition coefficient (Wildman–Crippen LogP) is 5.38. The fourth-order valence-electron chi connectivity index (χ4n) is 4.25. The second-order valence-electron chi connectivity index (χ2n) is 9.71. The van der Waals surface area contributed by atoms with Crippen molar-refractivity contribution in [1.82, 2.24) is 19.4 Å². The van der Waals surface area contributed by atoms with Crippen molar-refractivity contribution in [1.29, 1.82) is 0 Å². The number of anilines is 3. The monoisotopic (exact) mass is 531 g/mol. The molecule has 38 heavy (non-hydrogen) atoms. The van der Waals surface area contributed by atoms with Gasteiger partial charge in [-0.2, -0.15) is 0 Å². The van der Waals surface area contributed by atoms with Gasteiger partial charge < -0.3 is 19.9 Å². The molecule has 0 saturated heterocycles. The highest BCUT2D eigenvalue weighted by Gasteiger charge is 2.26. The lowest BCUT2D eigenvalue weighted by atomic mass is 10.1. The Hall–Kier alpha value is -3.98. The largest absolute Gasteiger partial charge is 0.364 e. The molecule has 0 unspecified atom stereocenters. The minimum absolute atomic E-state index is 0.0336. The van der Waals surface area contributed by atoms with Gasteiger partial charge in [0.25, 0.3) is 0 Å². The van der Waals surface area contributed by atoms with Gasteiger partial charge in [-0.25, -0.2) is 15.0 Å². The molecule has 0 aliphatic heterocycles. The fourth-order valence-corrected chi connectivity index (χ4v) is 4.44. The second kappa shape index (κ2) is 11.2. The van der Waals surface area contributed by atoms with Crippen molar-refractivity contribution in [2.24, 2.45) is 0 Å². The maximum atomic E-state index is 11.9. The molecule has 3 heterocycles. The zero-order chi connectivity index (χ0) is 26.6. The van der Waals surface area contributed by atoms with Crippen molar-refractivity contribution >= 4 is 46.9 Å². The number of rotatable bonds is 8. The molecule has 9 nitrogen and oxygen atoms in total. The highest BCUT2D eigenvalue weighted by atomic mass is 35.5. The van der Waals surface area contributed by atoms with Crippen LogP contribution in [-0.4, -0.2) is 38.7 Å². The van der Waals surface area contributed by atoms with Gasteiger partial charge in [0.2, 0.25) is 12.3 Å². The summed E-state index contributed by atoms with van der Waals surface area (Å²) in [5.74, 6) is 2.35. The average molecular weight is 532 g/mol. The van der Waals surface area contributed by atoms with Gasteiger partial charge in [-0.1, -0.05) is 23.7 Å². The van der Waals surface area contributed by atoms with E-state index in [2.05, 4.69) is 45.0 Å². The number of carbonyl (C=O) groups is 2. The minimum Gasteiger partial charge on any atom is -0.364 e. The summed E-state index contributed by atoms with van der Waals surface area (Å²) in [6, 6.07) is 11.9. The molecule has 3 aromatic heterocycles. The molecule has 2 amide bonds. The van der Waals surface area contributed by atoms with Crippen LogP contribution in [0.4, 0.5) is 17.3 Å². The van der Waals surface area contributed by atoms with E-state index in [4.69, 9.17) is 16.6 Å². The maximum Gasteiger partial charge on any atom is 0.223 e. The second-order valence-corrected chi connectivity index (χ2v) is 10.1. The molecule has 2 aliphatic carbocycles. The van der Waals surface area contributed by atoms with Gasteiger partial charge in [-0.05, 0) is 66.8 Å². The van der Waals surface area contributed by atoms with Crippen molar-refractivity contribution in [2.75, 3.05) is 22.6 Å². The molecule has 2 fully saturated rings. The molecule has 1 aromatic carbocycles. The lowest BCUT2D eigenvalue weighted by molar-refractivity contribution is -0.116. The Balaban J connectivity index is 0.000000244. The third-order valence-electron chi connectivity index (χ3n) is 6.71. The van der Waals surface area contributed by atoms with Crippen molar-refractivity contribution in [3.63, 3.8) is 0 Å². The zero-order valence-corrected chi connectivity index (χ0v) is 22.2. The molecule has 10 heteroatoms. The topological polar surface area (TPSA) is 105 Å². The Labute approximate surface area is 226 Å². The van der Waals surface area contributed by atoms with Crippen LogP contribution in [0.2, 0.25) is 5.02 Å². The number of carbonyl (C=O) groups excluding carboxylic acids is 2. The number of hydrogen-bond acceptors (Lipinski definition) is 6. The van der Waals surface area contributed by atoms with Crippen molar-refractivity contribution < 1.29 is 9.59 Å². The van der Waals surface area contributed by atoms with Crippen LogP contribution in [-0.2, 0) is 16.1 Å². The smallest absolute Gasteiger partial charge is 0.223 e. The molecule has 2 saturated carbocycles. The Morgan fingerprint density at radius 1 is 1.08 bits per heavy atom. The zero-order valence-electron chi connectivity index (χ0n) is 21.4. The lowest BCUT2D eigenvalue weighted by Gasteiger charge is -2.17. The first-order chi connectivity index (χ1) is 18.4. The number of imidazole rings is 1. The van der Waals surface area contributed by atoms with Crippen molar-refractivity contribution in [3.8, 4) is 0 Å². The van der Waals surface area contributed by atoms with Gasteiger partial charge >= 0.3 is 0 Å². The summed E-state index contributed by atoms with van der Waals surface area (Å²) in [5, 5.41) is 6.54. The first-order valence-electron chi connectivity index (χ1n) is 12.7. The van der Waals surface area contributed by atoms with E-state index in [0.717, 1.165) is 28.0 Å². The molecular weight excluding hydrogens is 502 g/mol. The first-order valence-corrected chi connectivity index (χ1v) is 13.1. The van der Waals surface area contributed by atoms with Crippen LogP contribution in [0.3, 0.4) is 0 Å². The number of aromatic nitrogens is 4.